The van der Waals surface area contributed by atoms with Crippen molar-refractivity contribution in [3.63, 3.8) is 0 Å². The number of carbonyl (C=O) groups is 2. The van der Waals surface area contributed by atoms with Crippen LogP contribution in [0.4, 0.5) is 0 Å². The summed E-state index contributed by atoms with van der Waals surface area (Å²) in [6.07, 6.45) is 44.4. The standard InChI is InChI=1S/C42H66O4/c1-3-5-7-9-11-13-15-17-19-21-23-25-27-29-31-36-41(43)45-39-34-33-35-40(38-39)46-42(44)37-32-30-28-26-24-22-20-18-16-14-12-10-8-6-4-2/h11-14,17-20,33-35,38H,3-10,15-16,21-32,36-37H2,1-2H3. The molecule has 0 aromatic heterocycles. The third-order valence-electron chi connectivity index (χ3n) is 7.93. The van der Waals surface area contributed by atoms with Crippen LogP contribution in [0.1, 0.15) is 168 Å². The Balaban J connectivity index is 2.04. The molecule has 0 aliphatic rings. The number of hydrogen-bond acceptors (Lipinski definition) is 4. The molecule has 0 bridgehead atoms. The molecule has 0 unspecified atom stereocenters. The van der Waals surface area contributed by atoms with Crippen LogP contribution in [0.2, 0.25) is 0 Å². The second-order valence-electron chi connectivity index (χ2n) is 12.4. The van der Waals surface area contributed by atoms with E-state index in [1.807, 2.05) is 0 Å². The first-order valence-corrected chi connectivity index (χ1v) is 18.8. The van der Waals surface area contributed by atoms with E-state index < -0.39 is 0 Å². The van der Waals surface area contributed by atoms with Crippen molar-refractivity contribution >= 4 is 11.9 Å². The Bertz CT molecular complexity index is 912. The molecule has 0 fully saturated rings. The molecule has 1 aromatic carbocycles. The third-order valence-corrected chi connectivity index (χ3v) is 7.93. The summed E-state index contributed by atoms with van der Waals surface area (Å²) in [4.78, 5) is 24.6. The van der Waals surface area contributed by atoms with Crippen molar-refractivity contribution in [2.45, 2.75) is 168 Å². The molecule has 0 saturated carbocycles. The maximum Gasteiger partial charge on any atom is 0.311 e. The fourth-order valence-electron chi connectivity index (χ4n) is 5.13. The van der Waals surface area contributed by atoms with Crippen LogP contribution in [0.15, 0.2) is 72.9 Å². The summed E-state index contributed by atoms with van der Waals surface area (Å²) in [5.41, 5.74) is 0. The van der Waals surface area contributed by atoms with Crippen molar-refractivity contribution in [2.24, 2.45) is 0 Å². The van der Waals surface area contributed by atoms with Gasteiger partial charge in [0.25, 0.3) is 0 Å². The molecule has 1 aromatic rings. The van der Waals surface area contributed by atoms with Crippen LogP contribution in [0.25, 0.3) is 0 Å². The molecule has 0 aliphatic carbocycles. The van der Waals surface area contributed by atoms with Crippen LogP contribution >= 0.6 is 0 Å². The molecule has 0 heterocycles. The van der Waals surface area contributed by atoms with Gasteiger partial charge in [-0.2, -0.15) is 0 Å². The van der Waals surface area contributed by atoms with Crippen LogP contribution in [0.3, 0.4) is 0 Å². The highest BCUT2D eigenvalue weighted by molar-refractivity contribution is 5.74. The van der Waals surface area contributed by atoms with E-state index in [1.165, 1.54) is 77.0 Å². The van der Waals surface area contributed by atoms with Crippen molar-refractivity contribution in [3.05, 3.63) is 72.9 Å². The summed E-state index contributed by atoms with van der Waals surface area (Å²) in [5.74, 6) is 0.378. The SMILES string of the molecule is CCCCCC=CCC=CCCCCCCCC(=O)Oc1cccc(OC(=O)CCCCCCCC=CCC=CCCCCC)c1. The van der Waals surface area contributed by atoms with Crippen LogP contribution in [-0.4, -0.2) is 11.9 Å². The number of esters is 2. The maximum absolute atomic E-state index is 12.3. The van der Waals surface area contributed by atoms with Crippen molar-refractivity contribution < 1.29 is 19.1 Å². The maximum atomic E-state index is 12.3. The molecule has 258 valence electrons. The van der Waals surface area contributed by atoms with E-state index in [0.717, 1.165) is 64.2 Å². The van der Waals surface area contributed by atoms with E-state index in [1.54, 1.807) is 24.3 Å². The lowest BCUT2D eigenvalue weighted by Crippen LogP contribution is -2.09. The van der Waals surface area contributed by atoms with Gasteiger partial charge in [-0.25, -0.2) is 0 Å². The van der Waals surface area contributed by atoms with Gasteiger partial charge in [-0.15, -0.1) is 0 Å². The van der Waals surface area contributed by atoms with Crippen LogP contribution in [-0.2, 0) is 9.59 Å². The van der Waals surface area contributed by atoms with Gasteiger partial charge in [-0.1, -0.05) is 133 Å². The zero-order valence-corrected chi connectivity index (χ0v) is 29.5. The molecular weight excluding hydrogens is 568 g/mol. The van der Waals surface area contributed by atoms with E-state index in [-0.39, 0.29) is 11.9 Å². The van der Waals surface area contributed by atoms with E-state index in [0.29, 0.717) is 24.3 Å². The zero-order chi connectivity index (χ0) is 33.2. The van der Waals surface area contributed by atoms with E-state index in [9.17, 15) is 9.59 Å². The van der Waals surface area contributed by atoms with Crippen molar-refractivity contribution in [2.75, 3.05) is 0 Å². The topological polar surface area (TPSA) is 52.6 Å². The summed E-state index contributed by atoms with van der Waals surface area (Å²) in [6.45, 7) is 4.48. The molecule has 0 N–H and O–H groups in total. The van der Waals surface area contributed by atoms with Crippen LogP contribution in [0, 0.1) is 0 Å². The highest BCUT2D eigenvalue weighted by atomic mass is 16.5. The molecule has 0 radical (unpaired) electrons. The van der Waals surface area contributed by atoms with Gasteiger partial charge < -0.3 is 9.47 Å². The second-order valence-corrected chi connectivity index (χ2v) is 12.4. The van der Waals surface area contributed by atoms with Gasteiger partial charge in [0, 0.05) is 18.9 Å². The zero-order valence-electron chi connectivity index (χ0n) is 29.5. The molecule has 0 saturated heterocycles. The molecule has 0 amide bonds. The Morgan fingerprint density at radius 3 is 1.22 bits per heavy atom. The monoisotopic (exact) mass is 634 g/mol. The quantitative estimate of drug-likeness (QED) is 0.0366. The Hall–Kier alpha value is -2.88. The van der Waals surface area contributed by atoms with Gasteiger partial charge in [-0.05, 0) is 89.2 Å². The van der Waals surface area contributed by atoms with E-state index in [4.69, 9.17) is 9.47 Å². The summed E-state index contributed by atoms with van der Waals surface area (Å²) in [6, 6.07) is 6.83. The normalized spacial score (nSPS) is 11.9. The van der Waals surface area contributed by atoms with Crippen LogP contribution < -0.4 is 9.47 Å². The summed E-state index contributed by atoms with van der Waals surface area (Å²) in [7, 11) is 0. The van der Waals surface area contributed by atoms with Gasteiger partial charge in [0.1, 0.15) is 11.5 Å². The first-order valence-electron chi connectivity index (χ1n) is 18.8. The van der Waals surface area contributed by atoms with Crippen molar-refractivity contribution in [3.8, 4) is 11.5 Å². The first-order chi connectivity index (χ1) is 22.7. The Labute approximate surface area is 282 Å². The average Bonchev–Trinajstić information content (AvgIpc) is 3.05. The van der Waals surface area contributed by atoms with Crippen molar-refractivity contribution in [1.82, 2.24) is 0 Å². The Kier molecular flexibility index (Phi) is 28.7. The summed E-state index contributed by atoms with van der Waals surface area (Å²) < 4.78 is 11.0. The van der Waals surface area contributed by atoms with Crippen molar-refractivity contribution in [1.29, 1.82) is 0 Å². The van der Waals surface area contributed by atoms with Gasteiger partial charge in [-0.3, -0.25) is 9.59 Å². The Morgan fingerprint density at radius 1 is 0.478 bits per heavy atom. The molecular formula is C42H66O4. The van der Waals surface area contributed by atoms with Crippen LogP contribution in [0.5, 0.6) is 11.5 Å². The fourth-order valence-corrected chi connectivity index (χ4v) is 5.13. The molecule has 4 heteroatoms. The largest absolute Gasteiger partial charge is 0.426 e. The number of benzene rings is 1. The minimum Gasteiger partial charge on any atom is -0.426 e. The minimum absolute atomic E-state index is 0.237. The minimum atomic E-state index is -0.237. The number of ether oxygens (including phenoxy) is 2. The number of carbonyl (C=O) groups excluding carboxylic acids is 2. The molecule has 0 aliphatic heterocycles. The number of unbranched alkanes of at least 4 members (excludes halogenated alkanes) is 16. The predicted octanol–water partition coefficient (Wildman–Crippen LogP) is 13.1. The predicted molar refractivity (Wildman–Crippen MR) is 196 cm³/mol. The number of allylic oxidation sites excluding steroid dienone is 8. The smallest absolute Gasteiger partial charge is 0.311 e. The van der Waals surface area contributed by atoms with Gasteiger partial charge in [0.2, 0.25) is 0 Å². The lowest BCUT2D eigenvalue weighted by atomic mass is 10.1. The third kappa shape index (κ3) is 27.4. The fraction of sp³-hybridized carbons (Fsp3) is 0.619. The lowest BCUT2D eigenvalue weighted by Gasteiger charge is -2.08. The van der Waals surface area contributed by atoms with Gasteiger partial charge in [0.05, 0.1) is 0 Å². The van der Waals surface area contributed by atoms with Gasteiger partial charge >= 0.3 is 11.9 Å². The highest BCUT2D eigenvalue weighted by Gasteiger charge is 2.09. The van der Waals surface area contributed by atoms with E-state index >= 15 is 0 Å². The second kappa shape index (κ2) is 32.1. The summed E-state index contributed by atoms with van der Waals surface area (Å²) in [5, 5.41) is 0. The molecule has 1 rings (SSSR count). The number of rotatable bonds is 30. The molecule has 4 nitrogen and oxygen atoms in total. The van der Waals surface area contributed by atoms with E-state index in [2.05, 4.69) is 62.5 Å². The Morgan fingerprint density at radius 2 is 0.826 bits per heavy atom. The van der Waals surface area contributed by atoms with Gasteiger partial charge in [0.15, 0.2) is 0 Å². The lowest BCUT2D eigenvalue weighted by molar-refractivity contribution is -0.135. The highest BCUT2D eigenvalue weighted by Crippen LogP contribution is 2.21. The molecule has 0 atom stereocenters. The average molecular weight is 635 g/mol. The summed E-state index contributed by atoms with van der Waals surface area (Å²) >= 11 is 0. The number of hydrogen-bond donors (Lipinski definition) is 0. The first kappa shape index (κ1) is 41.1. The molecule has 46 heavy (non-hydrogen) atoms. The molecule has 0 spiro atoms.